The van der Waals surface area contributed by atoms with Crippen LogP contribution in [0.4, 0.5) is 10.8 Å². The average molecular weight is 760 g/mol. The number of carbonyl (C=O) groups excluding carboxylic acids is 3. The number of hydrogen-bond donors (Lipinski definition) is 3. The first-order chi connectivity index (χ1) is 23.8. The van der Waals surface area contributed by atoms with E-state index in [9.17, 15) is 14.4 Å². The summed E-state index contributed by atoms with van der Waals surface area (Å²) in [6, 6.07) is 26.7. The Balaban J connectivity index is 1.29. The quantitative estimate of drug-likeness (QED) is 0.0823. The summed E-state index contributed by atoms with van der Waals surface area (Å²) in [5.74, 6) is 0.118. The van der Waals surface area contributed by atoms with Crippen LogP contribution in [-0.4, -0.2) is 49.8 Å². The second-order valence-electron chi connectivity index (χ2n) is 10.2. The highest BCUT2D eigenvalue weighted by Crippen LogP contribution is 2.36. The van der Waals surface area contributed by atoms with Crippen LogP contribution in [0.3, 0.4) is 0 Å². The highest BCUT2D eigenvalue weighted by Gasteiger charge is 2.18. The Labute approximate surface area is 300 Å². The third-order valence-corrected chi connectivity index (χ3v) is 9.20. The predicted octanol–water partition coefficient (Wildman–Crippen LogP) is 7.74. The SMILES string of the molecule is COc1cc(OC)c(OC)cc1/C=C(/NC(=O)c1ccccc1)C(=O)Nc1cccc(SCC(=O)Nc2nc(-c3ccc(Br)cc3)cs2)c1. The first kappa shape index (κ1) is 35.2. The second kappa shape index (κ2) is 16.8. The smallest absolute Gasteiger partial charge is 0.272 e. The summed E-state index contributed by atoms with van der Waals surface area (Å²) >= 11 is 6.09. The van der Waals surface area contributed by atoms with E-state index in [4.69, 9.17) is 14.2 Å². The molecule has 13 heteroatoms. The third-order valence-electron chi connectivity index (χ3n) is 6.92. The fourth-order valence-corrected chi connectivity index (χ4v) is 6.27. The lowest BCUT2D eigenvalue weighted by atomic mass is 10.1. The number of anilines is 2. The lowest BCUT2D eigenvalue weighted by molar-refractivity contribution is -0.114. The Kier molecular flexibility index (Phi) is 12.1. The molecule has 0 fully saturated rings. The predicted molar refractivity (Wildman–Crippen MR) is 198 cm³/mol. The van der Waals surface area contributed by atoms with E-state index in [-0.39, 0.29) is 17.4 Å². The van der Waals surface area contributed by atoms with Gasteiger partial charge in [-0.05, 0) is 54.6 Å². The zero-order valence-electron chi connectivity index (χ0n) is 26.6. The van der Waals surface area contributed by atoms with E-state index in [1.54, 1.807) is 60.7 Å². The van der Waals surface area contributed by atoms with Crippen LogP contribution in [0, 0.1) is 0 Å². The number of thioether (sulfide) groups is 1. The molecule has 250 valence electrons. The van der Waals surface area contributed by atoms with E-state index in [2.05, 4.69) is 36.9 Å². The Morgan fingerprint density at radius 1 is 0.837 bits per heavy atom. The van der Waals surface area contributed by atoms with Crippen molar-refractivity contribution in [1.82, 2.24) is 10.3 Å². The van der Waals surface area contributed by atoms with Crippen molar-refractivity contribution in [2.75, 3.05) is 37.7 Å². The van der Waals surface area contributed by atoms with Gasteiger partial charge in [-0.15, -0.1) is 23.1 Å². The third kappa shape index (κ3) is 9.50. The van der Waals surface area contributed by atoms with E-state index >= 15 is 0 Å². The summed E-state index contributed by atoms with van der Waals surface area (Å²) in [6.45, 7) is 0. The highest BCUT2D eigenvalue weighted by atomic mass is 79.9. The zero-order valence-corrected chi connectivity index (χ0v) is 29.8. The molecule has 0 bridgehead atoms. The van der Waals surface area contributed by atoms with Gasteiger partial charge in [0.1, 0.15) is 11.4 Å². The monoisotopic (exact) mass is 758 g/mol. The van der Waals surface area contributed by atoms with Crippen molar-refractivity contribution in [3.05, 3.63) is 118 Å². The number of aromatic nitrogens is 1. The minimum Gasteiger partial charge on any atom is -0.496 e. The molecule has 3 amide bonds. The van der Waals surface area contributed by atoms with Gasteiger partial charge in [-0.1, -0.05) is 52.3 Å². The lowest BCUT2D eigenvalue weighted by Gasteiger charge is -2.15. The summed E-state index contributed by atoms with van der Waals surface area (Å²) in [5, 5.41) is 10.8. The Morgan fingerprint density at radius 3 is 2.27 bits per heavy atom. The fourth-order valence-electron chi connectivity index (χ4n) is 4.51. The van der Waals surface area contributed by atoms with Gasteiger partial charge in [0, 0.05) is 43.2 Å². The molecule has 10 nitrogen and oxygen atoms in total. The molecule has 0 saturated heterocycles. The molecular weight excluding hydrogens is 728 g/mol. The number of hydrogen-bond acceptors (Lipinski definition) is 9. The van der Waals surface area contributed by atoms with Gasteiger partial charge in [-0.2, -0.15) is 0 Å². The van der Waals surface area contributed by atoms with Crippen molar-refractivity contribution < 1.29 is 28.6 Å². The van der Waals surface area contributed by atoms with Crippen LogP contribution in [0.2, 0.25) is 0 Å². The van der Waals surface area contributed by atoms with Crippen LogP contribution in [0.25, 0.3) is 17.3 Å². The van der Waals surface area contributed by atoms with Gasteiger partial charge in [0.25, 0.3) is 11.8 Å². The Morgan fingerprint density at radius 2 is 1.55 bits per heavy atom. The molecule has 5 rings (SSSR count). The number of carbonyl (C=O) groups is 3. The van der Waals surface area contributed by atoms with Crippen LogP contribution < -0.4 is 30.2 Å². The molecule has 3 N–H and O–H groups in total. The Bertz CT molecular complexity index is 1980. The van der Waals surface area contributed by atoms with E-state index < -0.39 is 11.8 Å². The van der Waals surface area contributed by atoms with E-state index in [0.717, 1.165) is 20.6 Å². The molecule has 49 heavy (non-hydrogen) atoms. The number of nitrogens with zero attached hydrogens (tertiary/aromatic N) is 1. The first-order valence-corrected chi connectivity index (χ1v) is 17.4. The van der Waals surface area contributed by atoms with Crippen molar-refractivity contribution in [3.63, 3.8) is 0 Å². The number of nitrogens with one attached hydrogen (secondary N) is 3. The topological polar surface area (TPSA) is 128 Å². The van der Waals surface area contributed by atoms with Gasteiger partial charge in [0.15, 0.2) is 16.6 Å². The maximum atomic E-state index is 13.7. The maximum absolute atomic E-state index is 13.7. The fraction of sp³-hybridized carbons (Fsp3) is 0.111. The van der Waals surface area contributed by atoms with E-state index in [0.29, 0.717) is 39.2 Å². The summed E-state index contributed by atoms with van der Waals surface area (Å²) in [6.07, 6.45) is 1.50. The minimum atomic E-state index is -0.577. The van der Waals surface area contributed by atoms with Crippen LogP contribution in [0.5, 0.6) is 17.2 Å². The number of benzene rings is 4. The van der Waals surface area contributed by atoms with Crippen molar-refractivity contribution >= 4 is 73.6 Å². The first-order valence-electron chi connectivity index (χ1n) is 14.7. The van der Waals surface area contributed by atoms with Crippen molar-refractivity contribution in [1.29, 1.82) is 0 Å². The molecule has 4 aromatic carbocycles. The molecule has 0 unspecified atom stereocenters. The number of rotatable bonds is 13. The largest absolute Gasteiger partial charge is 0.496 e. The van der Waals surface area contributed by atoms with E-state index in [1.165, 1.54) is 50.5 Å². The van der Waals surface area contributed by atoms with E-state index in [1.807, 2.05) is 35.7 Å². The molecule has 0 saturated carbocycles. The number of halogens is 1. The van der Waals surface area contributed by atoms with Gasteiger partial charge >= 0.3 is 0 Å². The summed E-state index contributed by atoms with van der Waals surface area (Å²) < 4.78 is 17.3. The van der Waals surface area contributed by atoms with Crippen LogP contribution in [0.1, 0.15) is 15.9 Å². The lowest BCUT2D eigenvalue weighted by Crippen LogP contribution is -2.30. The molecule has 0 aliphatic carbocycles. The molecule has 0 atom stereocenters. The molecule has 1 heterocycles. The normalized spacial score (nSPS) is 11.0. The standard InChI is InChI=1S/C36H31BrN4O6S2/c1-45-30-19-32(47-3)31(46-2)17-24(30)16-28(39-34(43)23-8-5-4-6-9-23)35(44)38-26-10-7-11-27(18-26)48-21-33(42)41-36-40-29(20-49-36)22-12-14-25(37)15-13-22/h4-20H,21H2,1-3H3,(H,38,44)(H,39,43)(H,40,41,42)/b28-16+. The second-order valence-corrected chi connectivity index (χ2v) is 13.0. The molecule has 0 spiro atoms. The zero-order chi connectivity index (χ0) is 34.8. The van der Waals surface area contributed by atoms with Gasteiger partial charge in [-0.3, -0.25) is 14.4 Å². The summed E-state index contributed by atoms with van der Waals surface area (Å²) in [5.41, 5.74) is 3.00. The highest BCUT2D eigenvalue weighted by molar-refractivity contribution is 9.10. The minimum absolute atomic E-state index is 0.0391. The molecule has 0 radical (unpaired) electrons. The summed E-state index contributed by atoms with van der Waals surface area (Å²) in [7, 11) is 4.49. The van der Waals surface area contributed by atoms with Gasteiger partial charge in [0.05, 0.1) is 32.8 Å². The van der Waals surface area contributed by atoms with Crippen LogP contribution in [-0.2, 0) is 9.59 Å². The number of thiazole rings is 1. The average Bonchev–Trinajstić information content (AvgIpc) is 3.59. The Hall–Kier alpha value is -5.11. The number of amides is 3. The van der Waals surface area contributed by atoms with Crippen LogP contribution >= 0.6 is 39.0 Å². The van der Waals surface area contributed by atoms with Crippen molar-refractivity contribution in [3.8, 4) is 28.5 Å². The molecular formula is C36H31BrN4O6S2. The number of methoxy groups -OCH3 is 3. The van der Waals surface area contributed by atoms with Gasteiger partial charge < -0.3 is 30.2 Å². The maximum Gasteiger partial charge on any atom is 0.272 e. The van der Waals surface area contributed by atoms with Gasteiger partial charge in [0.2, 0.25) is 5.91 Å². The molecule has 5 aromatic rings. The van der Waals surface area contributed by atoms with Crippen molar-refractivity contribution in [2.24, 2.45) is 0 Å². The number of ether oxygens (including phenoxy) is 3. The molecule has 0 aliphatic rings. The van der Waals surface area contributed by atoms with Crippen molar-refractivity contribution in [2.45, 2.75) is 4.90 Å². The molecule has 1 aromatic heterocycles. The summed E-state index contributed by atoms with van der Waals surface area (Å²) in [4.78, 5) is 44.9. The van der Waals surface area contributed by atoms with Crippen LogP contribution in [0.15, 0.2) is 111 Å². The molecule has 0 aliphatic heterocycles. The van der Waals surface area contributed by atoms with Gasteiger partial charge in [-0.25, -0.2) is 4.98 Å².